The lowest BCUT2D eigenvalue weighted by Gasteiger charge is -1.90. The minimum Gasteiger partial charge on any atom is -0.258 e. The molecule has 0 amide bonds. The Morgan fingerprint density at radius 3 is 3.00 bits per heavy atom. The minimum atomic E-state index is -0.491. The molecule has 0 fully saturated rings. The number of hydrogen-bond donors (Lipinski definition) is 0. The Balaban J connectivity index is 2.98. The molecule has 0 spiro atoms. The predicted octanol–water partition coefficient (Wildman–Crippen LogP) is 2.38. The fourth-order valence-corrected chi connectivity index (χ4v) is 1.16. The van der Waals surface area contributed by atoms with Gasteiger partial charge in [-0.1, -0.05) is 5.92 Å². The molecule has 13 heavy (non-hydrogen) atoms. The Morgan fingerprint density at radius 1 is 1.62 bits per heavy atom. The van der Waals surface area contributed by atoms with E-state index >= 15 is 0 Å². The normalized spacial score (nSPS) is 8.69. The maximum Gasteiger partial charge on any atom is 0.288 e. The van der Waals surface area contributed by atoms with Crippen molar-refractivity contribution in [3.63, 3.8) is 0 Å². The number of pyridine rings is 1. The molecule has 1 aromatic rings. The zero-order valence-electron chi connectivity index (χ0n) is 6.23. The summed E-state index contributed by atoms with van der Waals surface area (Å²) in [6, 6.07) is 1.40. The summed E-state index contributed by atoms with van der Waals surface area (Å²) in [5.41, 5.74) is 0.517. The summed E-state index contributed by atoms with van der Waals surface area (Å²) in [6.07, 6.45) is 2.69. The summed E-state index contributed by atoms with van der Waals surface area (Å²) < 4.78 is 0. The zero-order chi connectivity index (χ0) is 9.68. The summed E-state index contributed by atoms with van der Waals surface area (Å²) in [5.74, 6) is 2.73. The van der Waals surface area contributed by atoms with Crippen molar-refractivity contribution in [2.45, 2.75) is 0 Å². The molecule has 4 nitrogen and oxygen atoms in total. The molecule has 1 rings (SSSR count). The van der Waals surface area contributed by atoms with Crippen molar-refractivity contribution in [1.82, 2.24) is 4.98 Å². The number of halogens is 1. The van der Waals surface area contributed by atoms with Crippen LogP contribution in [0.1, 0.15) is 5.56 Å². The van der Waals surface area contributed by atoms with E-state index in [2.05, 4.69) is 16.2 Å². The fourth-order valence-electron chi connectivity index (χ4n) is 0.674. The van der Waals surface area contributed by atoms with Crippen molar-refractivity contribution in [2.24, 2.45) is 0 Å². The summed E-state index contributed by atoms with van der Waals surface area (Å²) in [4.78, 5) is 13.5. The Hall–Kier alpha value is -0.810. The van der Waals surface area contributed by atoms with E-state index < -0.39 is 4.92 Å². The van der Waals surface area contributed by atoms with Crippen LogP contribution in [0, 0.1) is 21.3 Å². The molecular weight excluding hydrogens is 303 g/mol. The first-order chi connectivity index (χ1) is 6.24. The molecule has 0 bridgehead atoms. The lowest BCUT2D eigenvalue weighted by atomic mass is 10.3. The second-order valence-electron chi connectivity index (χ2n) is 1.99. The molecule has 66 valence electrons. The molecule has 0 aliphatic carbocycles. The van der Waals surface area contributed by atoms with Crippen molar-refractivity contribution >= 4 is 35.8 Å². The average Bonchev–Trinajstić information content (AvgIpc) is 2.15. The van der Waals surface area contributed by atoms with Crippen LogP contribution in [0.15, 0.2) is 18.5 Å². The van der Waals surface area contributed by atoms with Crippen molar-refractivity contribution in [3.8, 4) is 11.2 Å². The molecule has 6 heteroatoms. The molecule has 0 aliphatic rings. The predicted molar refractivity (Wildman–Crippen MR) is 59.4 cm³/mol. The molecule has 0 N–H and O–H groups in total. The van der Waals surface area contributed by atoms with Gasteiger partial charge in [-0.15, -0.1) is 0 Å². The molecular formula is C7H3IN2O2S. The highest BCUT2D eigenvalue weighted by Gasteiger charge is 2.04. The van der Waals surface area contributed by atoms with E-state index in [-0.39, 0.29) is 5.69 Å². The molecule has 0 saturated carbocycles. The van der Waals surface area contributed by atoms with Gasteiger partial charge < -0.3 is 0 Å². The highest BCUT2D eigenvalue weighted by Crippen LogP contribution is 2.11. The molecule has 0 unspecified atom stereocenters. The van der Waals surface area contributed by atoms with Crippen LogP contribution >= 0.6 is 30.1 Å². The average molecular weight is 306 g/mol. The SMILES string of the molecule is O=[N+]([O-])c1cncc(C#CSI)c1. The molecule has 1 aromatic heterocycles. The summed E-state index contributed by atoms with van der Waals surface area (Å²) in [5, 5.41) is 13.1. The molecule has 0 saturated heterocycles. The van der Waals surface area contributed by atoms with Gasteiger partial charge in [0.05, 0.1) is 10.5 Å². The van der Waals surface area contributed by atoms with Crippen molar-refractivity contribution in [3.05, 3.63) is 34.1 Å². The van der Waals surface area contributed by atoms with Gasteiger partial charge in [0, 0.05) is 33.5 Å². The van der Waals surface area contributed by atoms with Crippen LogP contribution in [0.25, 0.3) is 0 Å². The standard InChI is InChI=1S/C7H3IN2O2S/c8-13-2-1-6-3-7(10(11)12)5-9-4-6/h3-5H. The van der Waals surface area contributed by atoms with Crippen LogP contribution in [0.2, 0.25) is 0 Å². The van der Waals surface area contributed by atoms with Gasteiger partial charge in [-0.25, -0.2) is 0 Å². The van der Waals surface area contributed by atoms with Crippen LogP contribution < -0.4 is 0 Å². The van der Waals surface area contributed by atoms with Crippen LogP contribution in [-0.2, 0) is 0 Å². The zero-order valence-corrected chi connectivity index (χ0v) is 9.20. The summed E-state index contributed by atoms with van der Waals surface area (Å²) in [6.45, 7) is 0. The number of hydrogen-bond acceptors (Lipinski definition) is 4. The maximum atomic E-state index is 10.3. The smallest absolute Gasteiger partial charge is 0.258 e. The van der Waals surface area contributed by atoms with E-state index in [9.17, 15) is 10.1 Å². The number of nitrogens with zero attached hydrogens (tertiary/aromatic N) is 2. The quantitative estimate of drug-likeness (QED) is 0.346. The Morgan fingerprint density at radius 2 is 2.38 bits per heavy atom. The summed E-state index contributed by atoms with van der Waals surface area (Å²) in [7, 11) is 1.32. The van der Waals surface area contributed by atoms with E-state index in [4.69, 9.17) is 0 Å². The highest BCUT2D eigenvalue weighted by atomic mass is 127. The first kappa shape index (κ1) is 10.3. The topological polar surface area (TPSA) is 56.0 Å². The van der Waals surface area contributed by atoms with Gasteiger partial charge >= 0.3 is 0 Å². The first-order valence-corrected chi connectivity index (χ1v) is 6.48. The Labute approximate surface area is 90.9 Å². The molecule has 0 atom stereocenters. The van der Waals surface area contributed by atoms with E-state index in [1.807, 2.05) is 21.2 Å². The van der Waals surface area contributed by atoms with E-state index in [0.29, 0.717) is 5.56 Å². The van der Waals surface area contributed by atoms with E-state index in [1.165, 1.54) is 27.4 Å². The number of aromatic nitrogens is 1. The molecule has 0 aliphatic heterocycles. The largest absolute Gasteiger partial charge is 0.288 e. The third-order valence-corrected chi connectivity index (χ3v) is 2.01. The van der Waals surface area contributed by atoms with Gasteiger partial charge in [-0.3, -0.25) is 15.1 Å². The maximum absolute atomic E-state index is 10.3. The Kier molecular flexibility index (Phi) is 3.98. The minimum absolute atomic E-state index is 0.0368. The molecule has 0 aromatic carbocycles. The monoisotopic (exact) mass is 306 g/mol. The fraction of sp³-hybridized carbons (Fsp3) is 0. The van der Waals surface area contributed by atoms with Gasteiger partial charge in [0.15, 0.2) is 0 Å². The summed E-state index contributed by atoms with van der Waals surface area (Å²) >= 11 is 2.03. The van der Waals surface area contributed by atoms with Gasteiger partial charge in [-0.05, 0) is 14.2 Å². The molecule has 0 radical (unpaired) electrons. The highest BCUT2D eigenvalue weighted by molar-refractivity contribution is 14.2. The van der Waals surface area contributed by atoms with E-state index in [0.717, 1.165) is 0 Å². The third-order valence-electron chi connectivity index (χ3n) is 1.17. The Bertz CT molecular complexity index is 386. The van der Waals surface area contributed by atoms with Gasteiger partial charge in [-0.2, -0.15) is 0 Å². The first-order valence-electron chi connectivity index (χ1n) is 3.12. The number of rotatable bonds is 1. The lowest BCUT2D eigenvalue weighted by Crippen LogP contribution is -1.89. The van der Waals surface area contributed by atoms with Crippen molar-refractivity contribution < 1.29 is 4.92 Å². The number of nitro groups is 1. The van der Waals surface area contributed by atoms with Gasteiger partial charge in [0.25, 0.3) is 5.69 Å². The van der Waals surface area contributed by atoms with Gasteiger partial charge in [0.2, 0.25) is 0 Å². The van der Waals surface area contributed by atoms with Crippen LogP contribution in [0.4, 0.5) is 5.69 Å². The van der Waals surface area contributed by atoms with Crippen molar-refractivity contribution in [2.75, 3.05) is 0 Å². The molecule has 1 heterocycles. The lowest BCUT2D eigenvalue weighted by molar-refractivity contribution is -0.385. The second-order valence-corrected chi connectivity index (χ2v) is 3.67. The van der Waals surface area contributed by atoms with E-state index in [1.54, 1.807) is 0 Å². The third kappa shape index (κ3) is 3.20. The van der Waals surface area contributed by atoms with Gasteiger partial charge in [0.1, 0.15) is 6.20 Å². The van der Waals surface area contributed by atoms with Crippen molar-refractivity contribution in [1.29, 1.82) is 0 Å². The second kappa shape index (κ2) is 5.04. The van der Waals surface area contributed by atoms with Crippen LogP contribution in [0.5, 0.6) is 0 Å². The van der Waals surface area contributed by atoms with Crippen LogP contribution in [0.3, 0.4) is 0 Å². The van der Waals surface area contributed by atoms with Crippen LogP contribution in [-0.4, -0.2) is 9.91 Å².